The van der Waals surface area contributed by atoms with Gasteiger partial charge in [-0.2, -0.15) is 0 Å². The van der Waals surface area contributed by atoms with E-state index >= 15 is 0 Å². The molecule has 1 nitrogen and oxygen atoms in total. The summed E-state index contributed by atoms with van der Waals surface area (Å²) in [6.07, 6.45) is 3.50. The maximum Gasteiger partial charge on any atom is 2.00 e. The van der Waals surface area contributed by atoms with Gasteiger partial charge in [-0.15, -0.1) is 0 Å². The average molecular weight is 269 g/mol. The molecule has 9 heavy (non-hydrogen) atoms. The zero-order valence-electron chi connectivity index (χ0n) is 4.59. The molecule has 0 atom stereocenters. The fourth-order valence-electron chi connectivity index (χ4n) is 0.313. The minimum atomic E-state index is 0. The normalized spacial score (nSPS) is 5.33. The summed E-state index contributed by atoms with van der Waals surface area (Å²) >= 11 is 0. The fraction of sp³-hybridized carbons (Fsp3) is 0. The van der Waals surface area contributed by atoms with Crippen LogP contribution < -0.4 is 24.8 Å². The molecule has 0 N–H and O–H groups in total. The molecule has 0 aliphatic heterocycles. The second-order valence-corrected chi connectivity index (χ2v) is 1.02. The average Bonchev–Trinajstić information content (AvgIpc) is 1.72. The van der Waals surface area contributed by atoms with E-state index in [4.69, 9.17) is 0 Å². The third-order valence-corrected chi connectivity index (χ3v) is 0.566. The molecule has 0 unspecified atom stereocenters. The van der Waals surface area contributed by atoms with E-state index in [0.717, 1.165) is 0 Å². The standard InChI is InChI=1S/C5H5N.2ClH.Sn/c1-2-4-6-5-3-1;;;/h1-5H;2*1H;/q;;;+2/p-2. The fourth-order valence-corrected chi connectivity index (χ4v) is 0.313. The quantitative estimate of drug-likeness (QED) is 0.429. The van der Waals surface area contributed by atoms with Gasteiger partial charge in [-0.1, -0.05) is 6.07 Å². The van der Waals surface area contributed by atoms with Crippen LogP contribution in [0.5, 0.6) is 0 Å². The smallest absolute Gasteiger partial charge is 1.00 e. The number of nitrogens with zero attached hydrogens (tertiary/aromatic N) is 1. The zero-order chi connectivity index (χ0) is 4.24. The molecule has 0 saturated carbocycles. The summed E-state index contributed by atoms with van der Waals surface area (Å²) in [6.45, 7) is 0. The zero-order valence-corrected chi connectivity index (χ0v) is 8.96. The van der Waals surface area contributed by atoms with Gasteiger partial charge in [0.15, 0.2) is 0 Å². The van der Waals surface area contributed by atoms with Crippen LogP contribution in [0, 0.1) is 0 Å². The molecule has 1 aromatic heterocycles. The Morgan fingerprint density at radius 1 is 0.778 bits per heavy atom. The van der Waals surface area contributed by atoms with Gasteiger partial charge in [-0.3, -0.25) is 4.98 Å². The number of hydrogen-bond donors (Lipinski definition) is 0. The first-order chi connectivity index (χ1) is 3.00. The number of rotatable bonds is 0. The van der Waals surface area contributed by atoms with Crippen molar-refractivity contribution in [2.24, 2.45) is 0 Å². The van der Waals surface area contributed by atoms with E-state index in [-0.39, 0.29) is 48.7 Å². The second-order valence-electron chi connectivity index (χ2n) is 1.02. The Hall–Kier alpha value is 0.529. The van der Waals surface area contributed by atoms with Gasteiger partial charge in [0, 0.05) is 12.4 Å². The Bertz CT molecular complexity index is 86.9. The van der Waals surface area contributed by atoms with Crippen molar-refractivity contribution in [3.63, 3.8) is 0 Å². The van der Waals surface area contributed by atoms with Crippen molar-refractivity contribution < 1.29 is 24.8 Å². The summed E-state index contributed by atoms with van der Waals surface area (Å²) in [5.74, 6) is 0. The third kappa shape index (κ3) is 8.53. The first-order valence-corrected chi connectivity index (χ1v) is 1.85. The molecule has 0 saturated heterocycles. The van der Waals surface area contributed by atoms with Gasteiger partial charge in [0.05, 0.1) is 0 Å². The van der Waals surface area contributed by atoms with Gasteiger partial charge in [0.1, 0.15) is 0 Å². The molecule has 1 heterocycles. The van der Waals surface area contributed by atoms with E-state index in [1.165, 1.54) is 0 Å². The Labute approximate surface area is 84.0 Å². The SMILES string of the molecule is [Cl-].[Cl-].[Sn+2].c1ccncc1. The van der Waals surface area contributed by atoms with Crippen molar-refractivity contribution in [2.45, 2.75) is 0 Å². The molecule has 0 spiro atoms. The van der Waals surface area contributed by atoms with Gasteiger partial charge < -0.3 is 24.8 Å². The van der Waals surface area contributed by atoms with Gasteiger partial charge in [0.2, 0.25) is 0 Å². The van der Waals surface area contributed by atoms with Crippen LogP contribution in [-0.4, -0.2) is 28.9 Å². The monoisotopic (exact) mass is 269 g/mol. The maximum absolute atomic E-state index is 3.78. The van der Waals surface area contributed by atoms with Crippen molar-refractivity contribution >= 4 is 23.9 Å². The van der Waals surface area contributed by atoms with Crippen LogP contribution in [-0.2, 0) is 0 Å². The third-order valence-electron chi connectivity index (χ3n) is 0.566. The molecule has 0 aliphatic carbocycles. The molecule has 0 fully saturated rings. The molecule has 1 rings (SSSR count). The van der Waals surface area contributed by atoms with Gasteiger partial charge in [-0.05, 0) is 12.1 Å². The predicted molar refractivity (Wildman–Crippen MR) is 30.0 cm³/mol. The largest absolute Gasteiger partial charge is 2.00 e. The van der Waals surface area contributed by atoms with Crippen LogP contribution in [0.15, 0.2) is 30.6 Å². The first-order valence-electron chi connectivity index (χ1n) is 1.85. The van der Waals surface area contributed by atoms with E-state index in [2.05, 4.69) is 4.98 Å². The summed E-state index contributed by atoms with van der Waals surface area (Å²) in [5, 5.41) is 0. The summed E-state index contributed by atoms with van der Waals surface area (Å²) in [4.78, 5) is 3.78. The van der Waals surface area contributed by atoms with E-state index < -0.39 is 0 Å². The van der Waals surface area contributed by atoms with Crippen LogP contribution in [0.25, 0.3) is 0 Å². The number of pyridine rings is 1. The summed E-state index contributed by atoms with van der Waals surface area (Å²) < 4.78 is 0. The van der Waals surface area contributed by atoms with Crippen LogP contribution in [0.4, 0.5) is 0 Å². The van der Waals surface area contributed by atoms with Crippen molar-refractivity contribution in [1.29, 1.82) is 0 Å². The van der Waals surface area contributed by atoms with Crippen molar-refractivity contribution in [3.8, 4) is 0 Å². The van der Waals surface area contributed by atoms with Crippen molar-refractivity contribution in [3.05, 3.63) is 30.6 Å². The van der Waals surface area contributed by atoms with Crippen molar-refractivity contribution in [1.82, 2.24) is 4.98 Å². The number of aromatic nitrogens is 1. The Balaban J connectivity index is -0.000000120. The molecular weight excluding hydrogens is 264 g/mol. The van der Waals surface area contributed by atoms with Crippen LogP contribution in [0.3, 0.4) is 0 Å². The Kier molecular flexibility index (Phi) is 20.5. The summed E-state index contributed by atoms with van der Waals surface area (Å²) in [6, 6.07) is 5.72. The molecule has 4 heteroatoms. The van der Waals surface area contributed by atoms with Crippen LogP contribution in [0.2, 0.25) is 0 Å². The van der Waals surface area contributed by atoms with Gasteiger partial charge in [-0.25, -0.2) is 0 Å². The van der Waals surface area contributed by atoms with Crippen LogP contribution in [0.1, 0.15) is 0 Å². The van der Waals surface area contributed by atoms with E-state index in [0.29, 0.717) is 0 Å². The summed E-state index contributed by atoms with van der Waals surface area (Å²) in [7, 11) is 0. The molecule has 0 aliphatic rings. The van der Waals surface area contributed by atoms with E-state index in [1.807, 2.05) is 18.2 Å². The Morgan fingerprint density at radius 3 is 1.33 bits per heavy atom. The minimum Gasteiger partial charge on any atom is -1.00 e. The molecular formula is C5H5Cl2NSn. The maximum atomic E-state index is 3.78. The molecule has 0 bridgehead atoms. The van der Waals surface area contributed by atoms with E-state index in [9.17, 15) is 0 Å². The molecule has 1 aromatic rings. The number of halogens is 2. The summed E-state index contributed by atoms with van der Waals surface area (Å²) in [5.41, 5.74) is 0. The van der Waals surface area contributed by atoms with Crippen LogP contribution >= 0.6 is 0 Å². The predicted octanol–water partition coefficient (Wildman–Crippen LogP) is -5.29. The first kappa shape index (κ1) is 16.3. The van der Waals surface area contributed by atoms with Gasteiger partial charge in [0.25, 0.3) is 0 Å². The molecule has 0 amide bonds. The van der Waals surface area contributed by atoms with Crippen molar-refractivity contribution in [2.75, 3.05) is 0 Å². The van der Waals surface area contributed by atoms with E-state index in [1.54, 1.807) is 12.4 Å². The molecule has 0 aromatic carbocycles. The Morgan fingerprint density at radius 2 is 1.22 bits per heavy atom. The topological polar surface area (TPSA) is 12.9 Å². The molecule has 48 valence electrons. The molecule has 2 radical (unpaired) electrons. The second kappa shape index (κ2) is 11.3. The van der Waals surface area contributed by atoms with Gasteiger partial charge >= 0.3 is 23.9 Å². The number of hydrogen-bond acceptors (Lipinski definition) is 1. The minimum absolute atomic E-state index is 0.